The van der Waals surface area contributed by atoms with Gasteiger partial charge in [-0.2, -0.15) is 0 Å². The molecule has 6 heteroatoms. The van der Waals surface area contributed by atoms with Crippen LogP contribution in [0.25, 0.3) is 0 Å². The molecule has 1 atom stereocenters. The molecule has 0 aliphatic carbocycles. The minimum absolute atomic E-state index is 0.213. The summed E-state index contributed by atoms with van der Waals surface area (Å²) in [4.78, 5) is 24.4. The number of carbonyl (C=O) groups is 1. The highest BCUT2D eigenvalue weighted by atomic mass is 16.2. The first-order chi connectivity index (χ1) is 13.3. The molecule has 0 unspecified atom stereocenters. The third kappa shape index (κ3) is 4.86. The molecule has 3 fully saturated rings. The highest BCUT2D eigenvalue weighted by Crippen LogP contribution is 2.25. The van der Waals surface area contributed by atoms with E-state index in [4.69, 9.17) is 0 Å². The van der Waals surface area contributed by atoms with Crippen molar-refractivity contribution in [1.82, 2.24) is 25.0 Å². The van der Waals surface area contributed by atoms with Crippen molar-refractivity contribution in [3.63, 3.8) is 0 Å². The third-order valence-corrected chi connectivity index (χ3v) is 6.43. The van der Waals surface area contributed by atoms with E-state index in [2.05, 4.69) is 31.1 Å². The fourth-order valence-electron chi connectivity index (χ4n) is 4.88. The monoisotopic (exact) mass is 371 g/mol. The van der Waals surface area contributed by atoms with Gasteiger partial charge in [-0.1, -0.05) is 6.07 Å². The van der Waals surface area contributed by atoms with Crippen molar-refractivity contribution in [2.45, 2.75) is 38.3 Å². The Bertz CT molecular complexity index is 596. The van der Waals surface area contributed by atoms with Crippen LogP contribution < -0.4 is 5.32 Å². The summed E-state index contributed by atoms with van der Waals surface area (Å²) >= 11 is 0. The molecule has 4 heterocycles. The third-order valence-electron chi connectivity index (χ3n) is 6.43. The number of likely N-dealkylation sites (tertiary alicyclic amines) is 2. The van der Waals surface area contributed by atoms with Crippen molar-refractivity contribution in [3.05, 3.63) is 30.1 Å². The predicted molar refractivity (Wildman–Crippen MR) is 106 cm³/mol. The summed E-state index contributed by atoms with van der Waals surface area (Å²) in [5, 5.41) is 3.34. The number of aromatic nitrogens is 1. The summed E-state index contributed by atoms with van der Waals surface area (Å²) in [6.45, 7) is 9.07. The molecule has 1 amide bonds. The maximum atomic E-state index is 12.9. The van der Waals surface area contributed by atoms with Gasteiger partial charge in [-0.15, -0.1) is 0 Å². The molecule has 148 valence electrons. The second-order valence-electron chi connectivity index (χ2n) is 8.28. The van der Waals surface area contributed by atoms with Gasteiger partial charge in [-0.05, 0) is 56.9 Å². The first-order valence-corrected chi connectivity index (χ1v) is 10.6. The Morgan fingerprint density at radius 2 is 1.93 bits per heavy atom. The van der Waals surface area contributed by atoms with Crippen molar-refractivity contribution in [3.8, 4) is 0 Å². The smallest absolute Gasteiger partial charge is 0.227 e. The fraction of sp³-hybridized carbons (Fsp3) is 0.714. The molecule has 0 aromatic carbocycles. The van der Waals surface area contributed by atoms with E-state index >= 15 is 0 Å². The van der Waals surface area contributed by atoms with Gasteiger partial charge >= 0.3 is 0 Å². The topological polar surface area (TPSA) is 51.7 Å². The number of rotatable bonds is 4. The van der Waals surface area contributed by atoms with Crippen LogP contribution in [0.2, 0.25) is 0 Å². The Morgan fingerprint density at radius 1 is 1.11 bits per heavy atom. The van der Waals surface area contributed by atoms with Crippen LogP contribution in [-0.4, -0.2) is 84.0 Å². The number of piperazine rings is 1. The first-order valence-electron chi connectivity index (χ1n) is 10.6. The SMILES string of the molecule is O=C([C@H]1CCCN(C2CCN(Cc3cccnc3)CC2)C1)N1CCNCC1. The van der Waals surface area contributed by atoms with Gasteiger partial charge in [0.25, 0.3) is 0 Å². The van der Waals surface area contributed by atoms with Gasteiger partial charge in [0.2, 0.25) is 5.91 Å². The van der Waals surface area contributed by atoms with E-state index in [1.807, 2.05) is 18.5 Å². The fourth-order valence-corrected chi connectivity index (χ4v) is 4.88. The van der Waals surface area contributed by atoms with Crippen molar-refractivity contribution in [1.29, 1.82) is 0 Å². The zero-order valence-corrected chi connectivity index (χ0v) is 16.4. The molecule has 3 saturated heterocycles. The lowest BCUT2D eigenvalue weighted by atomic mass is 9.92. The molecule has 1 N–H and O–H groups in total. The largest absolute Gasteiger partial charge is 0.340 e. The lowest BCUT2D eigenvalue weighted by molar-refractivity contribution is -0.138. The van der Waals surface area contributed by atoms with E-state index in [9.17, 15) is 4.79 Å². The highest BCUT2D eigenvalue weighted by Gasteiger charge is 2.33. The standard InChI is InChI=1S/C21H33N5O/c27-21(25-13-8-22-9-14-25)19-4-2-10-26(17-19)20-5-11-24(12-6-20)16-18-3-1-7-23-15-18/h1,3,7,15,19-20,22H,2,4-6,8-14,16-17H2/t19-/m0/s1. The highest BCUT2D eigenvalue weighted by molar-refractivity contribution is 5.79. The lowest BCUT2D eigenvalue weighted by Gasteiger charge is -2.43. The minimum atomic E-state index is 0.213. The molecule has 6 nitrogen and oxygen atoms in total. The number of hydrogen-bond donors (Lipinski definition) is 1. The Hall–Kier alpha value is -1.50. The lowest BCUT2D eigenvalue weighted by Crippen LogP contribution is -2.53. The van der Waals surface area contributed by atoms with Gasteiger partial charge in [0.1, 0.15) is 0 Å². The van der Waals surface area contributed by atoms with Crippen LogP contribution in [0.1, 0.15) is 31.2 Å². The summed E-state index contributed by atoms with van der Waals surface area (Å²) in [6.07, 6.45) is 8.48. The molecule has 3 aliphatic heterocycles. The van der Waals surface area contributed by atoms with Gasteiger partial charge in [0.15, 0.2) is 0 Å². The molecular formula is C21H33N5O. The van der Waals surface area contributed by atoms with Crippen molar-refractivity contribution >= 4 is 5.91 Å². The van der Waals surface area contributed by atoms with Gasteiger partial charge in [-0.25, -0.2) is 0 Å². The minimum Gasteiger partial charge on any atom is -0.340 e. The van der Waals surface area contributed by atoms with Crippen molar-refractivity contribution < 1.29 is 4.79 Å². The van der Waals surface area contributed by atoms with Crippen LogP contribution in [0.15, 0.2) is 24.5 Å². The summed E-state index contributed by atoms with van der Waals surface area (Å²) in [5.41, 5.74) is 1.30. The van der Waals surface area contributed by atoms with Crippen molar-refractivity contribution in [2.24, 2.45) is 5.92 Å². The number of nitrogens with one attached hydrogen (secondary N) is 1. The van der Waals surface area contributed by atoms with Crippen LogP contribution in [0, 0.1) is 5.92 Å². The predicted octanol–water partition coefficient (Wildman–Crippen LogP) is 1.19. The molecule has 1 aromatic rings. The van der Waals surface area contributed by atoms with Crippen LogP contribution >= 0.6 is 0 Å². The molecule has 3 aliphatic rings. The van der Waals surface area contributed by atoms with E-state index < -0.39 is 0 Å². The van der Waals surface area contributed by atoms with Crippen LogP contribution in [0.5, 0.6) is 0 Å². The molecule has 0 radical (unpaired) electrons. The van der Waals surface area contributed by atoms with E-state index in [1.165, 1.54) is 31.4 Å². The summed E-state index contributed by atoms with van der Waals surface area (Å²) in [6, 6.07) is 4.83. The van der Waals surface area contributed by atoms with E-state index in [-0.39, 0.29) is 5.92 Å². The van der Waals surface area contributed by atoms with Gasteiger partial charge in [-0.3, -0.25) is 19.6 Å². The van der Waals surface area contributed by atoms with Gasteiger partial charge < -0.3 is 10.2 Å². The molecule has 0 saturated carbocycles. The van der Waals surface area contributed by atoms with E-state index in [1.54, 1.807) is 0 Å². The average molecular weight is 372 g/mol. The summed E-state index contributed by atoms with van der Waals surface area (Å²) < 4.78 is 0. The van der Waals surface area contributed by atoms with Crippen molar-refractivity contribution in [2.75, 3.05) is 52.4 Å². The number of nitrogens with zero attached hydrogens (tertiary/aromatic N) is 4. The number of amides is 1. The van der Waals surface area contributed by atoms with Crippen LogP contribution in [0.4, 0.5) is 0 Å². The van der Waals surface area contributed by atoms with Gasteiger partial charge in [0.05, 0.1) is 5.92 Å². The zero-order valence-electron chi connectivity index (χ0n) is 16.4. The second kappa shape index (κ2) is 9.13. The first kappa shape index (κ1) is 18.8. The number of piperidine rings is 2. The normalized spacial score (nSPS) is 26.2. The Morgan fingerprint density at radius 3 is 2.67 bits per heavy atom. The molecule has 27 heavy (non-hydrogen) atoms. The Kier molecular flexibility index (Phi) is 6.37. The van der Waals surface area contributed by atoms with Crippen LogP contribution in [-0.2, 0) is 11.3 Å². The molecule has 0 bridgehead atoms. The Labute approximate surface area is 162 Å². The quantitative estimate of drug-likeness (QED) is 0.862. The molecule has 1 aromatic heterocycles. The maximum Gasteiger partial charge on any atom is 0.227 e. The molecule has 4 rings (SSSR count). The zero-order chi connectivity index (χ0) is 18.5. The average Bonchev–Trinajstić information content (AvgIpc) is 2.75. The summed E-state index contributed by atoms with van der Waals surface area (Å²) in [5.74, 6) is 0.612. The molecule has 0 spiro atoms. The second-order valence-corrected chi connectivity index (χ2v) is 8.28. The number of hydrogen-bond acceptors (Lipinski definition) is 5. The van der Waals surface area contributed by atoms with Crippen LogP contribution in [0.3, 0.4) is 0 Å². The van der Waals surface area contributed by atoms with Gasteiger partial charge in [0, 0.05) is 57.7 Å². The van der Waals surface area contributed by atoms with E-state index in [0.717, 1.165) is 58.8 Å². The maximum absolute atomic E-state index is 12.9. The Balaban J connectivity index is 1.26. The number of pyridine rings is 1. The summed E-state index contributed by atoms with van der Waals surface area (Å²) in [7, 11) is 0. The number of carbonyl (C=O) groups excluding carboxylic acids is 1. The molecular weight excluding hydrogens is 338 g/mol. The van der Waals surface area contributed by atoms with E-state index in [0.29, 0.717) is 11.9 Å².